The molecule has 0 spiro atoms. The highest BCUT2D eigenvalue weighted by atomic mass is 16.7. The molecule has 14 atom stereocenters. The van der Waals surface area contributed by atoms with Crippen LogP contribution >= 0.6 is 0 Å². The van der Waals surface area contributed by atoms with Crippen molar-refractivity contribution >= 4 is 5.91 Å². The van der Waals surface area contributed by atoms with Crippen LogP contribution < -0.4 is 16.5 Å². The van der Waals surface area contributed by atoms with Gasteiger partial charge in [0.15, 0.2) is 36.4 Å². The van der Waals surface area contributed by atoms with Crippen LogP contribution in [0.1, 0.15) is 18.4 Å². The summed E-state index contributed by atoms with van der Waals surface area (Å²) in [7, 11) is 3.83. The Hall–Kier alpha value is -2.83. The number of nitrogens with two attached hydrogens (primary N) is 1. The number of ether oxygens (including phenoxy) is 7. The van der Waals surface area contributed by atoms with E-state index in [2.05, 4.69) is 10.7 Å². The van der Waals surface area contributed by atoms with Gasteiger partial charge < -0.3 is 80.0 Å². The van der Waals surface area contributed by atoms with Crippen LogP contribution in [-0.2, 0) is 44.4 Å². The van der Waals surface area contributed by atoms with Gasteiger partial charge in [-0.05, 0) is 30.5 Å². The lowest BCUT2D eigenvalue weighted by atomic mass is 9.94. The SMILES string of the molecule is COC1CC(N)C(OC2C(CO)OC(OC3C(CO)OC(OC)C(N[N+](C)=O)C3O)C(NC(=O)CCc3ccc(O)c(O)c3)C2O)OC1CO. The smallest absolute Gasteiger partial charge is 0.220 e. The fraction of sp³-hybridized carbons (Fsp3) is 0.767. The Morgan fingerprint density at radius 2 is 1.46 bits per heavy atom. The molecule has 1 amide bonds. The highest BCUT2D eigenvalue weighted by Gasteiger charge is 2.54. The Bertz CT molecular complexity index is 1270. The molecular formula is C30H49N4O16+. The number of hydrogen-bond acceptors (Lipinski definition) is 17. The van der Waals surface area contributed by atoms with E-state index in [4.69, 9.17) is 38.9 Å². The summed E-state index contributed by atoms with van der Waals surface area (Å²) >= 11 is 0. The highest BCUT2D eigenvalue weighted by Crippen LogP contribution is 2.33. The summed E-state index contributed by atoms with van der Waals surface area (Å²) in [5.74, 6) is -1.33. The Balaban J connectivity index is 1.60. The average Bonchev–Trinajstić information content (AvgIpc) is 3.09. The second-order valence-electron chi connectivity index (χ2n) is 12.3. The number of hydrogen-bond donors (Lipinski definition) is 10. The van der Waals surface area contributed by atoms with Crippen molar-refractivity contribution < 1.29 is 78.6 Å². The molecular weight excluding hydrogens is 672 g/mol. The highest BCUT2D eigenvalue weighted by molar-refractivity contribution is 5.76. The van der Waals surface area contributed by atoms with Crippen molar-refractivity contribution in [2.45, 2.75) is 105 Å². The van der Waals surface area contributed by atoms with Crippen LogP contribution in [-0.4, -0.2) is 173 Å². The van der Waals surface area contributed by atoms with Gasteiger partial charge in [0, 0.05) is 20.6 Å². The van der Waals surface area contributed by atoms with E-state index < -0.39 is 112 Å². The molecule has 0 radical (unpaired) electrons. The van der Waals surface area contributed by atoms with Gasteiger partial charge in [0.05, 0.1) is 36.9 Å². The lowest BCUT2D eigenvalue weighted by Gasteiger charge is -2.49. The first-order valence-electron chi connectivity index (χ1n) is 16.1. The number of benzene rings is 1. The van der Waals surface area contributed by atoms with E-state index >= 15 is 0 Å². The first-order valence-corrected chi connectivity index (χ1v) is 16.1. The van der Waals surface area contributed by atoms with Crippen molar-refractivity contribution in [2.75, 3.05) is 41.1 Å². The molecule has 50 heavy (non-hydrogen) atoms. The molecule has 1 aromatic rings. The molecule has 3 saturated heterocycles. The lowest BCUT2D eigenvalue weighted by molar-refractivity contribution is -0.594. The summed E-state index contributed by atoms with van der Waals surface area (Å²) < 4.78 is 40.3. The maximum atomic E-state index is 13.3. The summed E-state index contributed by atoms with van der Waals surface area (Å²) in [6.07, 6.45) is -13.9. The molecule has 0 aliphatic carbocycles. The molecule has 4 rings (SSSR count). The number of carbonyl (C=O) groups is 1. The molecule has 1 aromatic carbocycles. The first kappa shape index (κ1) is 39.9. The van der Waals surface area contributed by atoms with Gasteiger partial charge in [0.1, 0.15) is 53.6 Å². The number of aliphatic hydroxyl groups is 5. The van der Waals surface area contributed by atoms with Crippen LogP contribution in [0.25, 0.3) is 0 Å². The molecule has 3 heterocycles. The summed E-state index contributed by atoms with van der Waals surface area (Å²) in [5, 5.41) is 75.4. The summed E-state index contributed by atoms with van der Waals surface area (Å²) in [4.78, 5) is 25.5. The molecule has 14 unspecified atom stereocenters. The number of aromatic hydroxyl groups is 2. The first-order chi connectivity index (χ1) is 23.8. The normalized spacial score (nSPS) is 37.6. The predicted molar refractivity (Wildman–Crippen MR) is 166 cm³/mol. The van der Waals surface area contributed by atoms with Gasteiger partial charge in [-0.15, -0.1) is 5.43 Å². The van der Waals surface area contributed by atoms with E-state index in [0.29, 0.717) is 10.4 Å². The molecule has 0 aromatic heterocycles. The maximum Gasteiger partial charge on any atom is 0.220 e. The van der Waals surface area contributed by atoms with Gasteiger partial charge in [0.2, 0.25) is 13.0 Å². The molecule has 3 aliphatic heterocycles. The number of aryl methyl sites for hydroxylation is 1. The molecule has 0 bridgehead atoms. The standard InChI is InChI=1S/C30H48N4O16/c1-34(43)33-23-25(42)27(19(11-36)47-29(23)45-3)50-30-22(32-21(40)7-5-13-4-6-15(38)16(39)8-13)24(41)26(20(12-37)48-30)49-28-14(31)9-17(44-2)18(10-35)46-28/h4,6,8,14,17-20,22-30,35-37,41-42H,5,7,9-12,31H2,1-3H3,(H3-,32,33,38,39,40,43)/p+1. The van der Waals surface area contributed by atoms with Crippen molar-refractivity contribution in [3.8, 4) is 11.5 Å². The molecule has 3 aliphatic rings. The minimum absolute atomic E-state index is 0.109. The molecule has 3 fully saturated rings. The van der Waals surface area contributed by atoms with Gasteiger partial charge in [0.25, 0.3) is 0 Å². The van der Waals surface area contributed by atoms with Crippen LogP contribution in [0.15, 0.2) is 18.2 Å². The summed E-state index contributed by atoms with van der Waals surface area (Å²) in [6.45, 7) is -1.85. The second kappa shape index (κ2) is 18.1. The Kier molecular flexibility index (Phi) is 14.5. The van der Waals surface area contributed by atoms with Crippen LogP contribution in [0.2, 0.25) is 0 Å². The molecule has 11 N–H and O–H groups in total. The molecule has 20 nitrogen and oxygen atoms in total. The summed E-state index contributed by atoms with van der Waals surface area (Å²) in [6, 6.07) is 0.621. The molecule has 20 heteroatoms. The topological polar surface area (TPSA) is 293 Å². The second-order valence-corrected chi connectivity index (χ2v) is 12.3. The van der Waals surface area contributed by atoms with E-state index in [-0.39, 0.29) is 30.8 Å². The fourth-order valence-corrected chi connectivity index (χ4v) is 6.27. The fourth-order valence-electron chi connectivity index (χ4n) is 6.27. The average molecular weight is 722 g/mol. The van der Waals surface area contributed by atoms with Gasteiger partial charge in [-0.2, -0.15) is 0 Å². The van der Waals surface area contributed by atoms with Crippen molar-refractivity contribution in [1.82, 2.24) is 10.7 Å². The van der Waals surface area contributed by atoms with Gasteiger partial charge >= 0.3 is 0 Å². The van der Waals surface area contributed by atoms with Gasteiger partial charge in [-0.3, -0.25) is 4.79 Å². The quantitative estimate of drug-likeness (QED) is 0.0467. The molecule has 0 saturated carbocycles. The third kappa shape index (κ3) is 9.33. The van der Waals surface area contributed by atoms with Crippen LogP contribution in [0.5, 0.6) is 11.5 Å². The number of rotatable bonds is 15. The number of phenolic OH excluding ortho intramolecular Hbond substituents is 2. The van der Waals surface area contributed by atoms with Crippen molar-refractivity contribution in [1.29, 1.82) is 0 Å². The number of methoxy groups -OCH3 is 2. The summed E-state index contributed by atoms with van der Waals surface area (Å²) in [5.41, 5.74) is 9.23. The third-order valence-corrected chi connectivity index (χ3v) is 8.92. The van der Waals surface area contributed by atoms with Gasteiger partial charge in [-0.1, -0.05) is 6.07 Å². The predicted octanol–water partition coefficient (Wildman–Crippen LogP) is -4.18. The number of aliphatic hydroxyl groups excluding tert-OH is 5. The van der Waals surface area contributed by atoms with Crippen molar-refractivity contribution in [3.63, 3.8) is 0 Å². The van der Waals surface area contributed by atoms with Crippen LogP contribution in [0.4, 0.5) is 0 Å². The Morgan fingerprint density at radius 3 is 2.02 bits per heavy atom. The zero-order valence-corrected chi connectivity index (χ0v) is 27.9. The van der Waals surface area contributed by atoms with E-state index in [1.165, 1.54) is 32.4 Å². The van der Waals surface area contributed by atoms with E-state index in [1.54, 1.807) is 0 Å². The third-order valence-electron chi connectivity index (χ3n) is 8.92. The zero-order valence-electron chi connectivity index (χ0n) is 27.9. The van der Waals surface area contributed by atoms with E-state index in [9.17, 15) is 45.4 Å². The van der Waals surface area contributed by atoms with Crippen molar-refractivity contribution in [3.05, 3.63) is 28.7 Å². The number of amides is 1. The van der Waals surface area contributed by atoms with E-state index in [0.717, 1.165) is 7.05 Å². The van der Waals surface area contributed by atoms with Crippen LogP contribution in [0, 0.1) is 4.91 Å². The lowest BCUT2D eigenvalue weighted by Crippen LogP contribution is -2.70. The monoisotopic (exact) mass is 721 g/mol. The largest absolute Gasteiger partial charge is 0.504 e. The number of phenols is 2. The number of nitrogens with zero attached hydrogens (tertiary/aromatic N) is 1. The Labute approximate surface area is 287 Å². The minimum atomic E-state index is -1.68. The van der Waals surface area contributed by atoms with Crippen LogP contribution in [0.3, 0.4) is 0 Å². The number of carbonyl (C=O) groups excluding carboxylic acids is 1. The number of nitrogens with one attached hydrogen (secondary N) is 2. The molecule has 284 valence electrons. The van der Waals surface area contributed by atoms with Crippen molar-refractivity contribution in [2.24, 2.45) is 5.73 Å². The maximum absolute atomic E-state index is 13.3. The minimum Gasteiger partial charge on any atom is -0.504 e. The number of hydrazine groups is 1. The van der Waals surface area contributed by atoms with E-state index in [1.807, 2.05) is 0 Å². The number of nitroso groups, excluding NO2 is 1. The van der Waals surface area contributed by atoms with Gasteiger partial charge in [-0.25, -0.2) is 0 Å². The Morgan fingerprint density at radius 1 is 0.880 bits per heavy atom. The zero-order chi connectivity index (χ0) is 36.7.